The summed E-state index contributed by atoms with van der Waals surface area (Å²) in [5.41, 5.74) is 5.15. The lowest BCUT2D eigenvalue weighted by Crippen LogP contribution is -2.25. The second-order valence-electron chi connectivity index (χ2n) is 7.34. The molecule has 1 unspecified atom stereocenters. The minimum atomic E-state index is -0.290. The van der Waals surface area contributed by atoms with Crippen LogP contribution in [-0.4, -0.2) is 21.1 Å². The quantitative estimate of drug-likeness (QED) is 0.242. The first kappa shape index (κ1) is 21.8. The summed E-state index contributed by atoms with van der Waals surface area (Å²) in [7, 11) is 0. The van der Waals surface area contributed by atoms with Gasteiger partial charge in [-0.1, -0.05) is 66.2 Å². The minimum absolute atomic E-state index is 0.0586. The zero-order valence-electron chi connectivity index (χ0n) is 17.5. The lowest BCUT2D eigenvalue weighted by Gasteiger charge is -2.16. The van der Waals surface area contributed by atoms with Crippen LogP contribution in [0.3, 0.4) is 0 Å². The van der Waals surface area contributed by atoms with Gasteiger partial charge < -0.3 is 5.32 Å². The first-order valence-corrected chi connectivity index (χ1v) is 12.1. The largest absolute Gasteiger partial charge is 0.325 e. The van der Waals surface area contributed by atoms with Crippen molar-refractivity contribution in [1.82, 2.24) is 9.97 Å². The van der Waals surface area contributed by atoms with Gasteiger partial charge in [0.25, 0.3) is 0 Å². The van der Waals surface area contributed by atoms with Gasteiger partial charge in [0.05, 0.1) is 10.6 Å². The third-order valence-electron chi connectivity index (χ3n) is 5.07. The number of benzene rings is 2. The Morgan fingerprint density at radius 3 is 2.68 bits per heavy atom. The Labute approximate surface area is 195 Å². The number of halogens is 1. The van der Waals surface area contributed by atoms with Crippen molar-refractivity contribution < 1.29 is 4.79 Å². The summed E-state index contributed by atoms with van der Waals surface area (Å²) >= 11 is 9.19. The molecular formula is C24H22ClN3OS2. The Hall–Kier alpha value is -2.41. The Bertz CT molecular complexity index is 1240. The molecule has 1 N–H and O–H groups in total. The number of nitrogens with one attached hydrogen (secondary N) is 1. The highest BCUT2D eigenvalue weighted by molar-refractivity contribution is 8.00. The van der Waals surface area contributed by atoms with E-state index in [2.05, 4.69) is 51.9 Å². The fraction of sp³-hybridized carbons (Fsp3) is 0.208. The van der Waals surface area contributed by atoms with Crippen LogP contribution >= 0.6 is 34.7 Å². The molecule has 0 radical (unpaired) electrons. The lowest BCUT2D eigenvalue weighted by atomic mass is 10.1. The number of aromatic nitrogens is 2. The fourth-order valence-corrected chi connectivity index (χ4v) is 5.47. The van der Waals surface area contributed by atoms with Gasteiger partial charge in [-0.2, -0.15) is 0 Å². The van der Waals surface area contributed by atoms with Crippen LogP contribution in [0.1, 0.15) is 24.5 Å². The van der Waals surface area contributed by atoms with Crippen molar-refractivity contribution in [2.24, 2.45) is 0 Å². The van der Waals surface area contributed by atoms with Gasteiger partial charge in [-0.15, -0.1) is 11.3 Å². The predicted octanol–water partition coefficient (Wildman–Crippen LogP) is 7.14. The third kappa shape index (κ3) is 4.76. The number of thioether (sulfide) groups is 1. The molecule has 158 valence electrons. The number of anilines is 1. The Morgan fingerprint density at radius 2 is 1.94 bits per heavy atom. The Morgan fingerprint density at radius 1 is 1.16 bits per heavy atom. The average Bonchev–Trinajstić information content (AvgIpc) is 3.20. The van der Waals surface area contributed by atoms with Gasteiger partial charge in [-0.25, -0.2) is 9.97 Å². The monoisotopic (exact) mass is 467 g/mol. The summed E-state index contributed by atoms with van der Waals surface area (Å²) in [4.78, 5) is 23.0. The van der Waals surface area contributed by atoms with E-state index in [0.717, 1.165) is 37.6 Å². The zero-order valence-corrected chi connectivity index (χ0v) is 19.9. The Balaban J connectivity index is 1.65. The topological polar surface area (TPSA) is 54.9 Å². The molecule has 1 atom stereocenters. The van der Waals surface area contributed by atoms with Crippen molar-refractivity contribution in [1.29, 1.82) is 0 Å². The summed E-state index contributed by atoms with van der Waals surface area (Å²) in [6, 6.07) is 13.9. The molecule has 1 amide bonds. The number of carbonyl (C=O) groups is 1. The molecule has 0 fully saturated rings. The van der Waals surface area contributed by atoms with Crippen molar-refractivity contribution in [2.45, 2.75) is 37.5 Å². The van der Waals surface area contributed by atoms with Gasteiger partial charge in [0.15, 0.2) is 0 Å². The molecule has 0 aliphatic rings. The average molecular weight is 468 g/mol. The number of thiophene rings is 1. The summed E-state index contributed by atoms with van der Waals surface area (Å²) < 4.78 is 0. The molecule has 0 aliphatic heterocycles. The van der Waals surface area contributed by atoms with Gasteiger partial charge in [0.2, 0.25) is 5.91 Å². The molecule has 31 heavy (non-hydrogen) atoms. The fourth-order valence-electron chi connectivity index (χ4n) is 3.28. The molecule has 0 saturated carbocycles. The maximum absolute atomic E-state index is 13.1. The number of hydrogen-bond acceptors (Lipinski definition) is 5. The van der Waals surface area contributed by atoms with Gasteiger partial charge >= 0.3 is 0 Å². The molecule has 4 nitrogen and oxygen atoms in total. The van der Waals surface area contributed by atoms with Crippen LogP contribution in [0.15, 0.2) is 59.2 Å². The number of carbonyl (C=O) groups excluding carboxylic acids is 1. The number of fused-ring (bicyclic) bond motifs is 1. The SMILES string of the molecule is CCC(Sc1ncnc2scc(-c3ccc(C)cc3)c12)C(=O)Nc1cc(Cl)ccc1C. The minimum Gasteiger partial charge on any atom is -0.325 e. The van der Waals surface area contributed by atoms with Crippen LogP contribution < -0.4 is 5.32 Å². The molecule has 0 saturated heterocycles. The van der Waals surface area contributed by atoms with E-state index in [-0.39, 0.29) is 11.2 Å². The normalized spacial score (nSPS) is 12.1. The number of nitrogens with zero attached hydrogens (tertiary/aromatic N) is 2. The smallest absolute Gasteiger partial charge is 0.237 e. The first-order chi connectivity index (χ1) is 15.0. The number of amides is 1. The number of hydrogen-bond donors (Lipinski definition) is 1. The zero-order chi connectivity index (χ0) is 22.0. The Kier molecular flexibility index (Phi) is 6.60. The molecule has 4 aromatic rings. The van der Waals surface area contributed by atoms with E-state index < -0.39 is 0 Å². The highest BCUT2D eigenvalue weighted by atomic mass is 35.5. The van der Waals surface area contributed by atoms with Gasteiger partial charge in [-0.3, -0.25) is 4.79 Å². The molecule has 2 heterocycles. The maximum Gasteiger partial charge on any atom is 0.237 e. The van der Waals surface area contributed by atoms with E-state index in [4.69, 9.17) is 11.6 Å². The standard InChI is InChI=1S/C24H22ClN3OS2/c1-4-20(22(29)28-19-11-17(25)10-7-15(19)3)31-24-21-18(12-30-23(21)26-13-27-24)16-8-5-14(2)6-9-16/h5-13,20H,4H2,1-3H3,(H,28,29). The summed E-state index contributed by atoms with van der Waals surface area (Å²) in [5.74, 6) is -0.0586. The van der Waals surface area contributed by atoms with Crippen molar-refractivity contribution >= 4 is 56.5 Å². The van der Waals surface area contributed by atoms with E-state index in [1.165, 1.54) is 17.3 Å². The van der Waals surface area contributed by atoms with E-state index in [9.17, 15) is 4.79 Å². The van der Waals surface area contributed by atoms with Crippen LogP contribution in [-0.2, 0) is 4.79 Å². The maximum atomic E-state index is 13.1. The molecule has 0 spiro atoms. The van der Waals surface area contributed by atoms with Crippen molar-refractivity contribution in [3.63, 3.8) is 0 Å². The summed E-state index contributed by atoms with van der Waals surface area (Å²) in [6.45, 7) is 6.04. The van der Waals surface area contributed by atoms with Gasteiger partial charge in [0, 0.05) is 21.7 Å². The van der Waals surface area contributed by atoms with Crippen LogP contribution in [0.5, 0.6) is 0 Å². The van der Waals surface area contributed by atoms with Crippen molar-refractivity contribution in [3.05, 3.63) is 70.3 Å². The first-order valence-electron chi connectivity index (χ1n) is 9.99. The highest BCUT2D eigenvalue weighted by Crippen LogP contribution is 2.39. The molecular weight excluding hydrogens is 446 g/mol. The molecule has 4 rings (SSSR count). The number of rotatable bonds is 6. The summed E-state index contributed by atoms with van der Waals surface area (Å²) in [6.07, 6.45) is 2.25. The molecule has 2 aromatic heterocycles. The van der Waals surface area contributed by atoms with Gasteiger partial charge in [0.1, 0.15) is 16.2 Å². The van der Waals surface area contributed by atoms with E-state index >= 15 is 0 Å². The van der Waals surface area contributed by atoms with Crippen LogP contribution in [0.2, 0.25) is 5.02 Å². The van der Waals surface area contributed by atoms with Crippen LogP contribution in [0, 0.1) is 13.8 Å². The predicted molar refractivity (Wildman–Crippen MR) is 132 cm³/mol. The van der Waals surface area contributed by atoms with E-state index in [1.54, 1.807) is 23.7 Å². The van der Waals surface area contributed by atoms with Crippen LogP contribution in [0.4, 0.5) is 5.69 Å². The highest BCUT2D eigenvalue weighted by Gasteiger charge is 2.22. The second-order valence-corrected chi connectivity index (χ2v) is 9.82. The summed E-state index contributed by atoms with van der Waals surface area (Å²) in [5, 5.41) is 7.29. The second kappa shape index (κ2) is 9.39. The van der Waals surface area contributed by atoms with E-state index in [0.29, 0.717) is 11.4 Å². The lowest BCUT2D eigenvalue weighted by molar-refractivity contribution is -0.115. The van der Waals surface area contributed by atoms with Crippen molar-refractivity contribution in [3.8, 4) is 11.1 Å². The molecule has 2 aromatic carbocycles. The van der Waals surface area contributed by atoms with E-state index in [1.807, 2.05) is 26.0 Å². The van der Waals surface area contributed by atoms with Gasteiger partial charge in [-0.05, 0) is 43.5 Å². The number of aryl methyl sites for hydroxylation is 2. The third-order valence-corrected chi connectivity index (χ3v) is 7.56. The molecule has 0 aliphatic carbocycles. The van der Waals surface area contributed by atoms with Crippen molar-refractivity contribution in [2.75, 3.05) is 5.32 Å². The molecule has 7 heteroatoms. The van der Waals surface area contributed by atoms with Crippen LogP contribution in [0.25, 0.3) is 21.3 Å². The molecule has 0 bridgehead atoms.